The Kier molecular flexibility index (Phi) is 28.5. The van der Waals surface area contributed by atoms with E-state index in [9.17, 15) is 0 Å². The molecule has 3 aromatic rings. The van der Waals surface area contributed by atoms with E-state index in [1.54, 1.807) is 50.9 Å². The topological polar surface area (TPSA) is 342 Å². The van der Waals surface area contributed by atoms with Crippen LogP contribution in [0.3, 0.4) is 0 Å². The smallest absolute Gasteiger partial charge is 0.400 e. The van der Waals surface area contributed by atoms with Crippen LogP contribution in [0.25, 0.3) is 0 Å². The van der Waals surface area contributed by atoms with Gasteiger partial charge in [0.15, 0.2) is 6.23 Å². The summed E-state index contributed by atoms with van der Waals surface area (Å²) >= 11 is 0. The molecule has 0 aliphatic carbocycles. The van der Waals surface area contributed by atoms with E-state index in [0.717, 1.165) is 24.2 Å². The molecule has 0 saturated heterocycles. The fourth-order valence-corrected chi connectivity index (χ4v) is 2.58. The molecule has 1 radical (unpaired) electrons. The van der Waals surface area contributed by atoms with Gasteiger partial charge >= 0.3 is 39.9 Å². The van der Waals surface area contributed by atoms with Crippen LogP contribution in [0.5, 0.6) is 0 Å². The van der Waals surface area contributed by atoms with Crippen molar-refractivity contribution in [2.75, 3.05) is 40.4 Å². The maximum absolute atomic E-state index is 8.25. The molecule has 0 amide bonds. The molecule has 0 fully saturated rings. The first-order chi connectivity index (χ1) is 19.6. The molecule has 42 heavy (non-hydrogen) atoms. The number of nitrogens with zero attached hydrogens (tertiary/aromatic N) is 9. The van der Waals surface area contributed by atoms with Gasteiger partial charge in [0.25, 0.3) is 0 Å². The number of imidazole rings is 3. The number of methoxy groups -OCH3 is 1. The summed E-state index contributed by atoms with van der Waals surface area (Å²) in [6, 6.07) is 0. The first-order valence-electron chi connectivity index (χ1n) is 10.7. The van der Waals surface area contributed by atoms with E-state index in [1.165, 1.54) is 0 Å². The maximum atomic E-state index is 8.25. The van der Waals surface area contributed by atoms with E-state index in [1.807, 2.05) is 6.20 Å². The summed E-state index contributed by atoms with van der Waals surface area (Å²) in [5, 5.41) is 51.2. The fraction of sp³-hybridized carbons (Fsp3) is 0.389. The van der Waals surface area contributed by atoms with E-state index < -0.39 is 15.3 Å². The van der Waals surface area contributed by atoms with Crippen molar-refractivity contribution in [3.8, 4) is 0 Å². The third-order valence-corrected chi connectivity index (χ3v) is 3.85. The molecule has 0 aliphatic rings. The van der Waals surface area contributed by atoms with E-state index in [2.05, 4.69) is 44.8 Å². The minimum atomic E-state index is -1.75. The molecular formula is C18H27GdN12O11. The van der Waals surface area contributed by atoms with Gasteiger partial charge in [-0.2, -0.15) is 0 Å². The molecule has 4 N–H and O–H groups in total. The van der Waals surface area contributed by atoms with Gasteiger partial charge in [-0.1, -0.05) is 0 Å². The number of nitrogens with one attached hydrogen (secondary N) is 3. The van der Waals surface area contributed by atoms with Gasteiger partial charge in [0.2, 0.25) is 0 Å². The van der Waals surface area contributed by atoms with Crippen LogP contribution in [-0.4, -0.2) is 108 Å². The SMILES string of the molecule is CO.CO[C@H](c1c[nH]cn1)N(CCN=Cc1c[nH]cn1)CCN=Cc1c[nH]cn1.O=[N+]([O-])[O-].O=[N+]([O-])[O-].O=[N+]([O-])[O-].[Gd+3]. The first-order valence-corrected chi connectivity index (χ1v) is 10.7. The molecule has 24 heteroatoms. The summed E-state index contributed by atoms with van der Waals surface area (Å²) in [5.74, 6) is 0. The predicted molar refractivity (Wildman–Crippen MR) is 141 cm³/mol. The zero-order chi connectivity index (χ0) is 31.5. The zero-order valence-electron chi connectivity index (χ0n) is 21.9. The number of aromatic nitrogens is 6. The molecule has 3 rings (SSSR count). The third-order valence-electron chi connectivity index (χ3n) is 3.85. The summed E-state index contributed by atoms with van der Waals surface area (Å²) in [5.41, 5.74) is 2.44. The van der Waals surface area contributed by atoms with Crippen molar-refractivity contribution in [3.05, 3.63) is 101 Å². The average molecular weight is 745 g/mol. The molecule has 233 valence electrons. The second kappa shape index (κ2) is 28.3. The number of H-pyrrole nitrogens is 3. The second-order valence-electron chi connectivity index (χ2n) is 6.35. The Bertz CT molecular complexity index is 1010. The van der Waals surface area contributed by atoms with Crippen molar-refractivity contribution in [1.82, 2.24) is 34.8 Å². The normalized spacial score (nSPS) is 10.4. The van der Waals surface area contributed by atoms with E-state index in [0.29, 0.717) is 26.2 Å². The Labute approximate surface area is 268 Å². The fourth-order valence-electron chi connectivity index (χ4n) is 2.58. The minimum absolute atomic E-state index is 0. The number of rotatable bonds is 11. The van der Waals surface area contributed by atoms with Crippen molar-refractivity contribution in [2.24, 2.45) is 9.98 Å². The Morgan fingerprint density at radius 2 is 1.17 bits per heavy atom. The van der Waals surface area contributed by atoms with Gasteiger partial charge in [0.1, 0.15) is 5.69 Å². The standard InChI is InChI=1S/C17H23N9O.CH4O.Gd.3NO3/c1-27-17(16-10-22-13-25-16)26(4-2-18-6-14-8-20-11-23-14)5-3-19-7-15-9-21-12-24-15;1-2;;3*2-1(3)4/h6-13,17H,2-5H2,1H3,(H,20,23)(H,21,24)(H,22,25);2H,1H3;;;;/q;;+3;3*-1/t17-;;;;;/m1...../s1. The number of ether oxygens (including phenoxy) is 1. The van der Waals surface area contributed by atoms with Crippen LogP contribution < -0.4 is 0 Å². The van der Waals surface area contributed by atoms with E-state index in [-0.39, 0.29) is 46.2 Å². The van der Waals surface area contributed by atoms with Gasteiger partial charge in [-0.25, -0.2) is 15.0 Å². The zero-order valence-corrected chi connectivity index (χ0v) is 24.2. The van der Waals surface area contributed by atoms with Crippen molar-refractivity contribution in [1.29, 1.82) is 0 Å². The van der Waals surface area contributed by atoms with Crippen molar-refractivity contribution >= 4 is 12.4 Å². The Morgan fingerprint density at radius 1 is 0.810 bits per heavy atom. The van der Waals surface area contributed by atoms with Gasteiger partial charge in [0.05, 0.1) is 58.7 Å². The van der Waals surface area contributed by atoms with Crippen LogP contribution in [-0.2, 0) is 4.74 Å². The predicted octanol–water partition coefficient (Wildman–Crippen LogP) is -0.0677. The molecule has 0 saturated carbocycles. The molecular weight excluding hydrogens is 718 g/mol. The number of aromatic amines is 3. The quantitative estimate of drug-likeness (QED) is 0.0864. The van der Waals surface area contributed by atoms with Crippen LogP contribution in [0, 0.1) is 85.9 Å². The summed E-state index contributed by atoms with van der Waals surface area (Å²) in [4.78, 5) is 57.1. The van der Waals surface area contributed by atoms with Crippen molar-refractivity contribution < 1.29 is 65.0 Å². The Balaban J connectivity index is -0.000000856. The van der Waals surface area contributed by atoms with Crippen LogP contribution in [0.2, 0.25) is 0 Å². The third kappa shape index (κ3) is 26.0. The Morgan fingerprint density at radius 3 is 1.45 bits per heavy atom. The van der Waals surface area contributed by atoms with Gasteiger partial charge < -0.3 is 70.8 Å². The van der Waals surface area contributed by atoms with E-state index >= 15 is 0 Å². The number of aliphatic imine (C=N–C) groups is 2. The van der Waals surface area contributed by atoms with Crippen molar-refractivity contribution in [2.45, 2.75) is 6.23 Å². The monoisotopic (exact) mass is 745 g/mol. The van der Waals surface area contributed by atoms with Crippen LogP contribution >= 0.6 is 0 Å². The summed E-state index contributed by atoms with van der Waals surface area (Å²) in [7, 11) is 2.67. The number of hydrogen-bond acceptors (Lipinski definition) is 17. The van der Waals surface area contributed by atoms with Crippen LogP contribution in [0.1, 0.15) is 23.3 Å². The van der Waals surface area contributed by atoms with Gasteiger partial charge in [-0.3, -0.25) is 14.9 Å². The van der Waals surface area contributed by atoms with E-state index in [4.69, 9.17) is 55.8 Å². The molecule has 0 aliphatic heterocycles. The summed E-state index contributed by atoms with van der Waals surface area (Å²) in [6.45, 7) is 2.62. The van der Waals surface area contributed by atoms with Crippen LogP contribution in [0.4, 0.5) is 0 Å². The molecule has 0 unspecified atom stereocenters. The average Bonchev–Trinajstić information content (AvgIpc) is 3.69. The molecule has 23 nitrogen and oxygen atoms in total. The second-order valence-corrected chi connectivity index (χ2v) is 6.35. The summed E-state index contributed by atoms with van der Waals surface area (Å²) in [6.07, 6.45) is 13.6. The first kappa shape index (κ1) is 42.2. The van der Waals surface area contributed by atoms with Gasteiger partial charge in [-0.15, -0.1) is 0 Å². The minimum Gasteiger partial charge on any atom is -0.400 e. The molecule has 0 aromatic carbocycles. The summed E-state index contributed by atoms with van der Waals surface area (Å²) < 4.78 is 5.67. The number of hydrogen-bond donors (Lipinski definition) is 4. The Hall–Kier alpha value is -4.23. The largest absolute Gasteiger partial charge is 3.00 e. The molecule has 3 heterocycles. The van der Waals surface area contributed by atoms with Crippen LogP contribution in [0.15, 0.2) is 47.6 Å². The molecule has 0 bridgehead atoms. The molecule has 0 spiro atoms. The molecule has 3 aromatic heterocycles. The number of aliphatic hydroxyl groups is 1. The van der Waals surface area contributed by atoms with Gasteiger partial charge in [-0.05, 0) is 0 Å². The van der Waals surface area contributed by atoms with Crippen molar-refractivity contribution in [3.63, 3.8) is 0 Å². The number of aliphatic hydroxyl groups excluding tert-OH is 1. The maximum Gasteiger partial charge on any atom is 3.00 e. The molecule has 1 atom stereocenters. The van der Waals surface area contributed by atoms with Gasteiger partial charge in [0, 0.05) is 58.3 Å².